The van der Waals surface area contributed by atoms with Crippen LogP contribution in [-0.4, -0.2) is 22.5 Å². The molecule has 130 valence electrons. The van der Waals surface area contributed by atoms with Crippen molar-refractivity contribution >= 4 is 45.2 Å². The minimum absolute atomic E-state index is 0.658. The maximum atomic E-state index is 4.80. The molecule has 0 unspecified atom stereocenters. The predicted molar refractivity (Wildman–Crippen MR) is 110 cm³/mol. The molecule has 0 spiro atoms. The lowest BCUT2D eigenvalue weighted by atomic mass is 10.1. The van der Waals surface area contributed by atoms with E-state index in [1.54, 1.807) is 23.1 Å². The first-order valence-corrected chi connectivity index (χ1v) is 10.4. The second-order valence-corrected chi connectivity index (χ2v) is 7.58. The zero-order chi connectivity index (χ0) is 17.9. The molecule has 1 N–H and O–H groups in total. The fourth-order valence-corrected chi connectivity index (χ4v) is 4.23. The maximum Gasteiger partial charge on any atom is 0.237 e. The van der Waals surface area contributed by atoms with Crippen LogP contribution >= 0.6 is 23.1 Å². The summed E-state index contributed by atoms with van der Waals surface area (Å²) in [5.41, 5.74) is 5.49. The normalized spacial score (nSPS) is 13.8. The molecule has 0 fully saturated rings. The van der Waals surface area contributed by atoms with E-state index in [-0.39, 0.29) is 0 Å². The largest absolute Gasteiger partial charge is 0.331 e. The molecular formula is C20H19N4S2+. The zero-order valence-electron chi connectivity index (χ0n) is 14.6. The van der Waals surface area contributed by atoms with Crippen molar-refractivity contribution in [2.45, 2.75) is 11.8 Å². The molecule has 0 radical (unpaired) electrons. The van der Waals surface area contributed by atoms with E-state index in [0.29, 0.717) is 6.54 Å². The van der Waals surface area contributed by atoms with Crippen LogP contribution in [0.5, 0.6) is 0 Å². The molecule has 4 rings (SSSR count). The Kier molecular flexibility index (Phi) is 4.86. The van der Waals surface area contributed by atoms with Gasteiger partial charge in [0.15, 0.2) is 5.13 Å². The molecule has 0 aliphatic carbocycles. The Morgan fingerprint density at radius 1 is 1.08 bits per heavy atom. The lowest BCUT2D eigenvalue weighted by Gasteiger charge is -2.07. The van der Waals surface area contributed by atoms with Gasteiger partial charge in [-0.15, -0.1) is 23.1 Å². The number of thiazole rings is 1. The van der Waals surface area contributed by atoms with Crippen LogP contribution in [0.3, 0.4) is 0 Å². The molecule has 1 aliphatic rings. The molecule has 3 aromatic rings. The van der Waals surface area contributed by atoms with Crippen LogP contribution in [0, 0.1) is 0 Å². The smallest absolute Gasteiger partial charge is 0.237 e. The van der Waals surface area contributed by atoms with E-state index >= 15 is 0 Å². The van der Waals surface area contributed by atoms with Gasteiger partial charge in [0, 0.05) is 29.3 Å². The van der Waals surface area contributed by atoms with Crippen LogP contribution in [0.4, 0.5) is 16.5 Å². The summed E-state index contributed by atoms with van der Waals surface area (Å²) < 4.78 is 2.00. The number of nitrogens with zero attached hydrogens (tertiary/aromatic N) is 3. The molecule has 26 heavy (non-hydrogen) atoms. The first-order chi connectivity index (χ1) is 12.8. The van der Waals surface area contributed by atoms with E-state index in [2.05, 4.69) is 59.3 Å². The zero-order valence-corrected chi connectivity index (χ0v) is 16.3. The molecule has 2 aromatic carbocycles. The number of thioether (sulfide) groups is 1. The number of nitrogens with one attached hydrogen (secondary N) is 1. The standard InChI is InChI=1S/C20H19N4S2/c1-14-16(12-21-24(14)15-8-4-3-5-9-15)18-13-26-20(23-18)22-17-10-6-7-11-19(17)25-2/h3-11,13H,12H2,1-2H3,(H,22,23)/q+1. The fraction of sp³-hybridized carbons (Fsp3) is 0.150. The Bertz CT molecular complexity index is 990. The molecule has 0 amide bonds. The summed E-state index contributed by atoms with van der Waals surface area (Å²) >= 11 is 3.35. The third-order valence-corrected chi connectivity index (χ3v) is 5.84. The van der Waals surface area contributed by atoms with E-state index < -0.39 is 0 Å². The predicted octanol–water partition coefficient (Wildman–Crippen LogP) is 6.15. The number of allylic oxidation sites excluding steroid dienone is 1. The van der Waals surface area contributed by atoms with Crippen molar-refractivity contribution in [2.24, 2.45) is 5.11 Å². The van der Waals surface area contributed by atoms with Crippen molar-refractivity contribution in [1.82, 2.24) is 4.98 Å². The highest BCUT2D eigenvalue weighted by molar-refractivity contribution is 7.98. The van der Waals surface area contributed by atoms with Crippen molar-refractivity contribution in [2.75, 3.05) is 18.1 Å². The van der Waals surface area contributed by atoms with Gasteiger partial charge in [0.1, 0.15) is 6.54 Å². The molecule has 0 atom stereocenters. The van der Waals surface area contributed by atoms with Crippen molar-refractivity contribution in [1.29, 1.82) is 0 Å². The minimum Gasteiger partial charge on any atom is -0.331 e. The summed E-state index contributed by atoms with van der Waals surface area (Å²) in [6.07, 6.45) is 2.08. The van der Waals surface area contributed by atoms with Gasteiger partial charge in [-0.05, 0) is 23.5 Å². The van der Waals surface area contributed by atoms with Crippen LogP contribution < -0.4 is 5.32 Å². The highest BCUT2D eigenvalue weighted by Gasteiger charge is 2.28. The van der Waals surface area contributed by atoms with Gasteiger partial charge in [-0.1, -0.05) is 35.0 Å². The average molecular weight is 380 g/mol. The Morgan fingerprint density at radius 2 is 1.85 bits per heavy atom. The van der Waals surface area contributed by atoms with Crippen LogP contribution in [0.15, 0.2) is 75.7 Å². The number of rotatable bonds is 5. The molecule has 0 bridgehead atoms. The Labute approximate surface area is 161 Å². The summed E-state index contributed by atoms with van der Waals surface area (Å²) in [5.74, 6) is 0. The molecule has 2 heterocycles. The number of anilines is 2. The SMILES string of the molecule is CSc1ccccc1Nc1nc(C2=C(C)[N+](c3ccccc3)=NC2)cs1. The molecule has 0 saturated heterocycles. The van der Waals surface area contributed by atoms with Crippen molar-refractivity contribution in [3.05, 3.63) is 71.4 Å². The number of benzene rings is 2. The summed E-state index contributed by atoms with van der Waals surface area (Å²) in [6.45, 7) is 2.76. The number of aromatic nitrogens is 1. The van der Waals surface area contributed by atoms with Crippen molar-refractivity contribution < 1.29 is 4.70 Å². The number of hydrogen-bond donors (Lipinski definition) is 1. The van der Waals surface area contributed by atoms with Crippen molar-refractivity contribution in [3.63, 3.8) is 0 Å². The maximum absolute atomic E-state index is 4.80. The second kappa shape index (κ2) is 7.43. The minimum atomic E-state index is 0.658. The van der Waals surface area contributed by atoms with Gasteiger partial charge in [-0.3, -0.25) is 0 Å². The molecule has 1 aliphatic heterocycles. The third-order valence-electron chi connectivity index (χ3n) is 4.29. The number of hydrogen-bond acceptors (Lipinski definition) is 5. The highest BCUT2D eigenvalue weighted by Crippen LogP contribution is 2.33. The Balaban J connectivity index is 1.58. The van der Waals surface area contributed by atoms with Gasteiger partial charge in [-0.25, -0.2) is 4.98 Å². The van der Waals surface area contributed by atoms with Gasteiger partial charge in [0.25, 0.3) is 0 Å². The Morgan fingerprint density at radius 3 is 2.65 bits per heavy atom. The van der Waals surface area contributed by atoms with Gasteiger partial charge in [-0.2, -0.15) is 0 Å². The summed E-state index contributed by atoms with van der Waals surface area (Å²) in [4.78, 5) is 6.01. The van der Waals surface area contributed by atoms with Crippen LogP contribution in [0.1, 0.15) is 12.6 Å². The lowest BCUT2D eigenvalue weighted by molar-refractivity contribution is -0.453. The lowest BCUT2D eigenvalue weighted by Crippen LogP contribution is -1.97. The second-order valence-electron chi connectivity index (χ2n) is 5.87. The monoisotopic (exact) mass is 379 g/mol. The summed E-state index contributed by atoms with van der Waals surface area (Å²) in [6, 6.07) is 18.5. The molecule has 6 heteroatoms. The van der Waals surface area contributed by atoms with E-state index in [4.69, 9.17) is 4.98 Å². The van der Waals surface area contributed by atoms with E-state index in [0.717, 1.165) is 27.9 Å². The molecule has 0 saturated carbocycles. The molecule has 1 aromatic heterocycles. The molecular weight excluding hydrogens is 360 g/mol. The summed E-state index contributed by atoms with van der Waals surface area (Å²) in [5, 5.41) is 11.1. The van der Waals surface area contributed by atoms with Gasteiger partial charge in [0.2, 0.25) is 11.4 Å². The van der Waals surface area contributed by atoms with Crippen molar-refractivity contribution in [3.8, 4) is 0 Å². The third kappa shape index (κ3) is 3.30. The van der Waals surface area contributed by atoms with Crippen LogP contribution in [-0.2, 0) is 0 Å². The van der Waals surface area contributed by atoms with E-state index in [1.165, 1.54) is 10.5 Å². The van der Waals surface area contributed by atoms with Gasteiger partial charge >= 0.3 is 0 Å². The first-order valence-electron chi connectivity index (χ1n) is 8.34. The molecule has 4 nitrogen and oxygen atoms in total. The fourth-order valence-electron chi connectivity index (χ4n) is 2.93. The van der Waals surface area contributed by atoms with Crippen LogP contribution in [0.25, 0.3) is 5.57 Å². The number of azo groups is 2. The van der Waals surface area contributed by atoms with Gasteiger partial charge in [0.05, 0.1) is 17.0 Å². The summed E-state index contributed by atoms with van der Waals surface area (Å²) in [7, 11) is 0. The average Bonchev–Trinajstić information content (AvgIpc) is 3.29. The number of para-hydroxylation sites is 2. The quantitative estimate of drug-likeness (QED) is 0.427. The first kappa shape index (κ1) is 17.0. The van der Waals surface area contributed by atoms with Crippen LogP contribution in [0.2, 0.25) is 0 Å². The van der Waals surface area contributed by atoms with Gasteiger partial charge < -0.3 is 5.32 Å². The highest BCUT2D eigenvalue weighted by atomic mass is 32.2. The Hall–Kier alpha value is -2.44. The van der Waals surface area contributed by atoms with E-state index in [9.17, 15) is 0 Å². The topological polar surface area (TPSA) is 40.3 Å². The van der Waals surface area contributed by atoms with E-state index in [1.807, 2.05) is 29.0 Å².